The summed E-state index contributed by atoms with van der Waals surface area (Å²) in [4.78, 5) is 10.6. The van der Waals surface area contributed by atoms with E-state index in [9.17, 15) is 4.79 Å². The molecule has 0 aromatic heterocycles. The number of nitrogens with two attached hydrogens (primary N) is 1. The first-order valence-electron chi connectivity index (χ1n) is 4.58. The lowest BCUT2D eigenvalue weighted by Gasteiger charge is -2.24. The summed E-state index contributed by atoms with van der Waals surface area (Å²) in [5.41, 5.74) is 3.83. The van der Waals surface area contributed by atoms with E-state index in [-0.39, 0.29) is 0 Å². The Balaban J connectivity index is 4.29. The first kappa shape index (κ1) is 13.0. The average molecular weight is 214 g/mol. The maximum Gasteiger partial charge on any atom is 0.406 e. The SMILES string of the molecule is CC(C#N)(CC[Si](C)(C)C)OC(N)=O. The van der Waals surface area contributed by atoms with Gasteiger partial charge in [0, 0.05) is 8.07 Å². The van der Waals surface area contributed by atoms with E-state index in [1.54, 1.807) is 6.92 Å². The molecule has 0 fully saturated rings. The van der Waals surface area contributed by atoms with Gasteiger partial charge in [0.1, 0.15) is 6.07 Å². The second-order valence-electron chi connectivity index (χ2n) is 4.82. The van der Waals surface area contributed by atoms with E-state index in [1.165, 1.54) is 0 Å². The Labute approximate surface area is 86.0 Å². The molecule has 0 rings (SSSR count). The zero-order chi connectivity index (χ0) is 11.4. The molecule has 14 heavy (non-hydrogen) atoms. The summed E-state index contributed by atoms with van der Waals surface area (Å²) in [6.07, 6.45) is -0.327. The van der Waals surface area contributed by atoms with Crippen molar-refractivity contribution in [3.63, 3.8) is 0 Å². The molecule has 0 bridgehead atoms. The summed E-state index contributed by atoms with van der Waals surface area (Å²) < 4.78 is 4.78. The second kappa shape index (κ2) is 4.47. The molecule has 2 N–H and O–H groups in total. The number of nitriles is 1. The fraction of sp³-hybridized carbons (Fsp3) is 0.778. The Hall–Kier alpha value is -1.02. The van der Waals surface area contributed by atoms with Gasteiger partial charge in [0.05, 0.1) is 0 Å². The second-order valence-corrected chi connectivity index (χ2v) is 10.4. The van der Waals surface area contributed by atoms with Crippen molar-refractivity contribution in [3.8, 4) is 6.07 Å². The molecule has 0 aromatic carbocycles. The Morgan fingerprint density at radius 1 is 1.57 bits per heavy atom. The van der Waals surface area contributed by atoms with Gasteiger partial charge in [-0.2, -0.15) is 5.26 Å². The third-order valence-corrected chi connectivity index (χ3v) is 3.66. The van der Waals surface area contributed by atoms with Crippen LogP contribution in [0.15, 0.2) is 0 Å². The third-order valence-electron chi connectivity index (χ3n) is 1.91. The molecule has 0 aliphatic heterocycles. The Kier molecular flexibility index (Phi) is 4.14. The van der Waals surface area contributed by atoms with E-state index in [2.05, 4.69) is 19.6 Å². The zero-order valence-corrected chi connectivity index (χ0v) is 10.3. The number of hydrogen-bond donors (Lipinski definition) is 1. The standard InChI is InChI=1S/C9H18N2O2Si/c1-9(7-10,13-8(11)12)5-6-14(2,3)4/h5-6H2,1-4H3,(H2,11,12). The molecule has 0 saturated carbocycles. The van der Waals surface area contributed by atoms with Crippen LogP contribution in [0.1, 0.15) is 13.3 Å². The average Bonchev–Trinajstić information content (AvgIpc) is 1.99. The van der Waals surface area contributed by atoms with Crippen molar-refractivity contribution in [1.82, 2.24) is 0 Å². The van der Waals surface area contributed by atoms with Gasteiger partial charge in [0.15, 0.2) is 5.60 Å². The number of amides is 1. The van der Waals surface area contributed by atoms with Crippen LogP contribution in [0.3, 0.4) is 0 Å². The van der Waals surface area contributed by atoms with Gasteiger partial charge in [-0.15, -0.1) is 0 Å². The van der Waals surface area contributed by atoms with Crippen LogP contribution in [0, 0.1) is 11.3 Å². The highest BCUT2D eigenvalue weighted by atomic mass is 28.3. The predicted molar refractivity (Wildman–Crippen MR) is 57.5 cm³/mol. The molecule has 4 nitrogen and oxygen atoms in total. The minimum Gasteiger partial charge on any atom is -0.428 e. The molecule has 0 spiro atoms. The molecule has 1 amide bonds. The van der Waals surface area contributed by atoms with Crippen LogP contribution in [0.4, 0.5) is 4.79 Å². The summed E-state index contributed by atoms with van der Waals surface area (Å²) in [6.45, 7) is 8.21. The summed E-state index contributed by atoms with van der Waals surface area (Å²) >= 11 is 0. The van der Waals surface area contributed by atoms with Crippen molar-refractivity contribution in [2.45, 2.75) is 44.6 Å². The van der Waals surface area contributed by atoms with Crippen molar-refractivity contribution in [2.75, 3.05) is 0 Å². The third kappa shape index (κ3) is 5.59. The summed E-state index contributed by atoms with van der Waals surface area (Å²) in [6, 6.07) is 2.92. The number of nitrogens with zero attached hydrogens (tertiary/aromatic N) is 1. The van der Waals surface area contributed by atoms with Crippen LogP contribution in [0.2, 0.25) is 25.7 Å². The zero-order valence-electron chi connectivity index (χ0n) is 9.26. The van der Waals surface area contributed by atoms with E-state index >= 15 is 0 Å². The van der Waals surface area contributed by atoms with Gasteiger partial charge in [-0.25, -0.2) is 4.79 Å². The molecule has 80 valence electrons. The first-order chi connectivity index (χ1) is 6.18. The minimum atomic E-state index is -1.22. The van der Waals surface area contributed by atoms with Gasteiger partial charge < -0.3 is 10.5 Å². The van der Waals surface area contributed by atoms with Crippen molar-refractivity contribution in [3.05, 3.63) is 0 Å². The highest BCUT2D eigenvalue weighted by Gasteiger charge is 2.30. The summed E-state index contributed by atoms with van der Waals surface area (Å²) in [5.74, 6) is 0. The summed E-state index contributed by atoms with van der Waals surface area (Å²) in [7, 11) is -1.22. The fourth-order valence-electron chi connectivity index (χ4n) is 0.965. The maximum absolute atomic E-state index is 10.6. The van der Waals surface area contributed by atoms with Crippen LogP contribution in [-0.4, -0.2) is 19.8 Å². The van der Waals surface area contributed by atoms with Crippen LogP contribution in [0.5, 0.6) is 0 Å². The van der Waals surface area contributed by atoms with Gasteiger partial charge in [0.2, 0.25) is 0 Å². The van der Waals surface area contributed by atoms with Gasteiger partial charge in [0.25, 0.3) is 0 Å². The Morgan fingerprint density at radius 3 is 2.36 bits per heavy atom. The minimum absolute atomic E-state index is 0.558. The molecule has 0 heterocycles. The lowest BCUT2D eigenvalue weighted by molar-refractivity contribution is 0.0694. The maximum atomic E-state index is 10.6. The van der Waals surface area contributed by atoms with Crippen molar-refractivity contribution in [2.24, 2.45) is 5.73 Å². The predicted octanol–water partition coefficient (Wildman–Crippen LogP) is 2.09. The van der Waals surface area contributed by atoms with Crippen LogP contribution in [0.25, 0.3) is 0 Å². The summed E-state index contributed by atoms with van der Waals surface area (Å²) in [5, 5.41) is 8.86. The van der Waals surface area contributed by atoms with Crippen molar-refractivity contribution < 1.29 is 9.53 Å². The smallest absolute Gasteiger partial charge is 0.406 e. The van der Waals surface area contributed by atoms with E-state index in [0.717, 1.165) is 6.04 Å². The van der Waals surface area contributed by atoms with E-state index in [0.29, 0.717) is 6.42 Å². The van der Waals surface area contributed by atoms with Gasteiger partial charge in [-0.3, -0.25) is 0 Å². The van der Waals surface area contributed by atoms with E-state index in [4.69, 9.17) is 15.7 Å². The monoisotopic (exact) mass is 214 g/mol. The quantitative estimate of drug-likeness (QED) is 0.728. The number of rotatable bonds is 4. The van der Waals surface area contributed by atoms with Crippen molar-refractivity contribution in [1.29, 1.82) is 5.26 Å². The molecule has 0 aromatic rings. The Bertz CT molecular complexity index is 255. The van der Waals surface area contributed by atoms with Crippen LogP contribution in [-0.2, 0) is 4.74 Å². The first-order valence-corrected chi connectivity index (χ1v) is 8.29. The number of carbonyl (C=O) groups is 1. The van der Waals surface area contributed by atoms with Crippen LogP contribution >= 0.6 is 0 Å². The molecule has 5 heteroatoms. The lowest BCUT2D eigenvalue weighted by atomic mass is 10.1. The molecule has 0 saturated heterocycles. The Morgan fingerprint density at radius 2 is 2.07 bits per heavy atom. The van der Waals surface area contributed by atoms with Gasteiger partial charge in [-0.1, -0.05) is 25.7 Å². The van der Waals surface area contributed by atoms with E-state index < -0.39 is 19.8 Å². The van der Waals surface area contributed by atoms with Crippen molar-refractivity contribution >= 4 is 14.2 Å². The highest BCUT2D eigenvalue weighted by Crippen LogP contribution is 2.22. The van der Waals surface area contributed by atoms with Gasteiger partial charge in [-0.05, 0) is 13.3 Å². The number of ether oxygens (including phenoxy) is 1. The topological polar surface area (TPSA) is 76.1 Å². The largest absolute Gasteiger partial charge is 0.428 e. The molecule has 0 radical (unpaired) electrons. The highest BCUT2D eigenvalue weighted by molar-refractivity contribution is 6.76. The number of hydrogen-bond acceptors (Lipinski definition) is 3. The molecule has 0 aliphatic rings. The molecule has 1 atom stereocenters. The molecule has 0 aliphatic carbocycles. The molecular formula is C9H18N2O2Si. The molecule has 1 unspecified atom stereocenters. The number of carbonyl (C=O) groups excluding carboxylic acids is 1. The van der Waals surface area contributed by atoms with E-state index in [1.807, 2.05) is 6.07 Å². The number of primary amides is 1. The van der Waals surface area contributed by atoms with Gasteiger partial charge >= 0.3 is 6.09 Å². The molecular weight excluding hydrogens is 196 g/mol. The van der Waals surface area contributed by atoms with Crippen LogP contribution < -0.4 is 5.73 Å². The fourth-order valence-corrected chi connectivity index (χ4v) is 2.19. The lowest BCUT2D eigenvalue weighted by Crippen LogP contribution is -2.35. The normalized spacial score (nSPS) is 15.4.